The summed E-state index contributed by atoms with van der Waals surface area (Å²) in [5, 5.41) is 0. The van der Waals surface area contributed by atoms with Crippen molar-refractivity contribution < 1.29 is 41.4 Å². The second-order valence-electron chi connectivity index (χ2n) is 10.8. The fourth-order valence-electron chi connectivity index (χ4n) is 6.48. The molecule has 0 amide bonds. The molecule has 0 saturated heterocycles. The van der Waals surface area contributed by atoms with Crippen LogP contribution in [0.5, 0.6) is 0 Å². The Kier molecular flexibility index (Phi) is 9.10. The Balaban J connectivity index is 0.00000204. The zero-order valence-electron chi connectivity index (χ0n) is 23.1. The molecule has 2 aliphatic rings. The van der Waals surface area contributed by atoms with Gasteiger partial charge in [-0.05, 0) is 0 Å². The van der Waals surface area contributed by atoms with Crippen molar-refractivity contribution in [2.75, 3.05) is 0 Å². The second kappa shape index (κ2) is 10.4. The van der Waals surface area contributed by atoms with Crippen LogP contribution in [-0.4, -0.2) is 6.19 Å². The van der Waals surface area contributed by atoms with Crippen LogP contribution in [0, 0.1) is 55.4 Å². The first kappa shape index (κ1) is 29.7. The van der Waals surface area contributed by atoms with Gasteiger partial charge in [0.05, 0.1) is 0 Å². The number of benzene rings is 2. The minimum Gasteiger partial charge on any atom is -1.00 e. The number of allylic oxidation sites excluding steroid dienone is 2. The van der Waals surface area contributed by atoms with Gasteiger partial charge in [0.1, 0.15) is 0 Å². The molecule has 2 aromatic rings. The van der Waals surface area contributed by atoms with Crippen LogP contribution in [-0.2, 0) is 16.6 Å². The smallest absolute Gasteiger partial charge is 1.00 e. The molecule has 4 heteroatoms. The molecule has 2 aliphatic carbocycles. The molecule has 0 N–H and O–H groups in total. The first-order valence-electron chi connectivity index (χ1n) is 12.1. The Morgan fingerprint density at radius 2 is 0.794 bits per heavy atom. The van der Waals surface area contributed by atoms with E-state index >= 15 is 0 Å². The van der Waals surface area contributed by atoms with Crippen molar-refractivity contribution in [3.05, 3.63) is 77.9 Å². The van der Waals surface area contributed by atoms with Gasteiger partial charge in [0, 0.05) is 0 Å². The van der Waals surface area contributed by atoms with E-state index in [2.05, 4.69) is 94.5 Å². The maximum atomic E-state index is 2.63. The van der Waals surface area contributed by atoms with Crippen molar-refractivity contribution in [2.24, 2.45) is 0 Å². The molecule has 0 aromatic heterocycles. The molecule has 0 bridgehead atoms. The maximum absolute atomic E-state index is 2.63. The van der Waals surface area contributed by atoms with E-state index in [1.165, 1.54) is 33.4 Å². The zero-order chi connectivity index (χ0) is 23.8. The molecule has 0 spiro atoms. The second-order valence-corrected chi connectivity index (χ2v) is 23.0. The van der Waals surface area contributed by atoms with Crippen LogP contribution in [0.1, 0.15) is 89.1 Å². The van der Waals surface area contributed by atoms with Crippen LogP contribution in [0.25, 0.3) is 12.2 Å². The molecule has 0 nitrogen and oxygen atoms in total. The standard InChI is InChI=1S/2C14H17.C2H6Si.2ClH.Ti/c2*1-8-6-13-11(4)9(2)10(3)12(5)14(13)7-8;1-3-2;;;/h2*6-7H,1-5H3;1-2H3;2*1H;/q;;;;;+2/p-2. The van der Waals surface area contributed by atoms with E-state index in [4.69, 9.17) is 0 Å². The molecular formula is C30H40Cl2SiTi. The third-order valence-corrected chi connectivity index (χ3v) is 22.2. The van der Waals surface area contributed by atoms with E-state index in [1.807, 2.05) is 0 Å². The SMILES string of the molecule is CC1=Cc2c(C)c(C)c(C)c(C)c2[CH]1[Ti+2]([CH]1C(C)=Cc2c(C)c(C)c(C)c(C)c21)=[Si](C)C.[Cl-].[Cl-]. The molecule has 0 heterocycles. The van der Waals surface area contributed by atoms with Gasteiger partial charge in [0.25, 0.3) is 0 Å². The molecule has 0 aliphatic heterocycles. The Morgan fingerprint density at radius 1 is 0.500 bits per heavy atom. The van der Waals surface area contributed by atoms with Crippen LogP contribution in [0.15, 0.2) is 11.1 Å². The Hall–Kier alpha value is -0.569. The summed E-state index contributed by atoms with van der Waals surface area (Å²) in [6, 6.07) is 0. The minimum atomic E-state index is -1.58. The van der Waals surface area contributed by atoms with E-state index < -0.39 is 22.8 Å². The predicted octanol–water partition coefficient (Wildman–Crippen LogP) is 2.65. The minimum absolute atomic E-state index is 0. The van der Waals surface area contributed by atoms with Crippen molar-refractivity contribution in [1.29, 1.82) is 0 Å². The number of hydrogen-bond acceptors (Lipinski definition) is 0. The van der Waals surface area contributed by atoms with Gasteiger partial charge in [0.2, 0.25) is 0 Å². The van der Waals surface area contributed by atoms with Gasteiger partial charge in [0.15, 0.2) is 0 Å². The van der Waals surface area contributed by atoms with Gasteiger partial charge in [-0.2, -0.15) is 0 Å². The van der Waals surface area contributed by atoms with Crippen molar-refractivity contribution in [1.82, 2.24) is 0 Å². The van der Waals surface area contributed by atoms with Crippen molar-refractivity contribution >= 4 is 18.3 Å². The maximum Gasteiger partial charge on any atom is -1.00 e. The summed E-state index contributed by atoms with van der Waals surface area (Å²) in [5.74, 6) is 0. The zero-order valence-corrected chi connectivity index (χ0v) is 27.1. The molecule has 0 radical (unpaired) electrons. The quantitative estimate of drug-likeness (QED) is 0.508. The predicted molar refractivity (Wildman–Crippen MR) is 141 cm³/mol. The summed E-state index contributed by atoms with van der Waals surface area (Å²) in [6.07, 6.45) is 4.73. The molecule has 4 rings (SSSR count). The third-order valence-electron chi connectivity index (χ3n) is 9.00. The van der Waals surface area contributed by atoms with E-state index in [1.54, 1.807) is 44.5 Å². The van der Waals surface area contributed by atoms with E-state index in [0.29, 0.717) is 8.45 Å². The molecule has 182 valence electrons. The van der Waals surface area contributed by atoms with E-state index in [0.717, 1.165) is 0 Å². The molecule has 34 heavy (non-hydrogen) atoms. The molecule has 2 aromatic carbocycles. The summed E-state index contributed by atoms with van der Waals surface area (Å²) >= 11 is -1.58. The summed E-state index contributed by atoms with van der Waals surface area (Å²) in [4.78, 5) is 0. The summed E-state index contributed by atoms with van der Waals surface area (Å²) in [6.45, 7) is 29.0. The monoisotopic (exact) mass is 546 g/mol. The van der Waals surface area contributed by atoms with E-state index in [-0.39, 0.29) is 24.8 Å². The molecule has 0 saturated carbocycles. The van der Waals surface area contributed by atoms with Gasteiger partial charge in [-0.1, -0.05) is 0 Å². The number of hydrogen-bond donors (Lipinski definition) is 0. The fourth-order valence-corrected chi connectivity index (χ4v) is 20.6. The van der Waals surface area contributed by atoms with Crippen LogP contribution in [0.3, 0.4) is 0 Å². The Labute approximate surface area is 227 Å². The molecule has 0 fully saturated rings. The number of halogens is 2. The van der Waals surface area contributed by atoms with Crippen LogP contribution in [0.4, 0.5) is 0 Å². The summed E-state index contributed by atoms with van der Waals surface area (Å²) < 4.78 is 1.40. The topological polar surface area (TPSA) is 0 Å². The normalized spacial score (nSPS) is 17.6. The van der Waals surface area contributed by atoms with E-state index in [9.17, 15) is 0 Å². The first-order valence-corrected chi connectivity index (χ1v) is 18.8. The third kappa shape index (κ3) is 4.18. The van der Waals surface area contributed by atoms with Crippen LogP contribution >= 0.6 is 0 Å². The largest absolute Gasteiger partial charge is 1.00 e. The van der Waals surface area contributed by atoms with Crippen molar-refractivity contribution in [2.45, 2.75) is 90.8 Å². The summed E-state index contributed by atoms with van der Waals surface area (Å²) in [5.41, 5.74) is 22.0. The molecule has 2 unspecified atom stereocenters. The Morgan fingerprint density at radius 3 is 1.09 bits per heavy atom. The van der Waals surface area contributed by atoms with Gasteiger partial charge < -0.3 is 24.8 Å². The van der Waals surface area contributed by atoms with Crippen molar-refractivity contribution in [3.8, 4) is 0 Å². The van der Waals surface area contributed by atoms with Crippen LogP contribution in [0.2, 0.25) is 13.1 Å². The molecule has 2 atom stereocenters. The average molecular weight is 548 g/mol. The average Bonchev–Trinajstić information content (AvgIpc) is 3.26. The van der Waals surface area contributed by atoms with Gasteiger partial charge in [-0.15, -0.1) is 0 Å². The fraction of sp³-hybridized carbons (Fsp3) is 0.467. The van der Waals surface area contributed by atoms with Gasteiger partial charge >= 0.3 is 204 Å². The molecular weight excluding hydrogens is 507 g/mol. The summed E-state index contributed by atoms with van der Waals surface area (Å²) in [7, 11) is 0. The van der Waals surface area contributed by atoms with Gasteiger partial charge in [-0.3, -0.25) is 0 Å². The Bertz CT molecular complexity index is 1200. The van der Waals surface area contributed by atoms with Gasteiger partial charge in [-0.25, -0.2) is 0 Å². The first-order chi connectivity index (χ1) is 14.9. The number of fused-ring (bicyclic) bond motifs is 2. The number of rotatable bonds is 2. The van der Waals surface area contributed by atoms with Crippen LogP contribution < -0.4 is 24.8 Å². The van der Waals surface area contributed by atoms with Crippen molar-refractivity contribution in [3.63, 3.8) is 0 Å².